The normalized spacial score (nSPS) is 14.5. The molecular weight excluding hydrogens is 406 g/mol. The van der Waals surface area contributed by atoms with Crippen molar-refractivity contribution in [3.05, 3.63) is 76.5 Å². The number of Topliss-reactive ketones (excluding diaryl/α,β-unsaturated/α-hetero) is 1. The summed E-state index contributed by atoms with van der Waals surface area (Å²) in [6.45, 7) is 1.58. The molecule has 0 radical (unpaired) electrons. The minimum Gasteiger partial charge on any atom is -0.454 e. The summed E-state index contributed by atoms with van der Waals surface area (Å²) >= 11 is 0. The minimum atomic E-state index is -0.906. The molecule has 2 aromatic carbocycles. The molecule has 32 heavy (non-hydrogen) atoms. The molecule has 1 aliphatic carbocycles. The van der Waals surface area contributed by atoms with Crippen molar-refractivity contribution in [2.45, 2.75) is 44.8 Å². The maximum Gasteiger partial charge on any atom is 0.306 e. The summed E-state index contributed by atoms with van der Waals surface area (Å²) in [7, 11) is 0. The molecule has 1 atom stereocenters. The third-order valence-electron chi connectivity index (χ3n) is 5.88. The van der Waals surface area contributed by atoms with Crippen molar-refractivity contribution >= 4 is 33.6 Å². The summed E-state index contributed by atoms with van der Waals surface area (Å²) in [4.78, 5) is 46.0. The van der Waals surface area contributed by atoms with Gasteiger partial charge in [-0.1, -0.05) is 30.3 Å². The van der Waals surface area contributed by atoms with Crippen LogP contribution >= 0.6 is 0 Å². The molecule has 0 amide bonds. The van der Waals surface area contributed by atoms with Crippen molar-refractivity contribution < 1.29 is 14.3 Å². The number of carbonyl (C=O) groups is 2. The number of hydrogen-bond donors (Lipinski definition) is 1. The maximum absolute atomic E-state index is 12.9. The van der Waals surface area contributed by atoms with Gasteiger partial charge in [0, 0.05) is 35.1 Å². The second-order valence-corrected chi connectivity index (χ2v) is 8.20. The third-order valence-corrected chi connectivity index (χ3v) is 5.88. The number of aryl methyl sites for hydroxylation is 1. The Morgan fingerprint density at radius 1 is 1.12 bits per heavy atom. The van der Waals surface area contributed by atoms with Gasteiger partial charge in [0.1, 0.15) is 5.82 Å². The Balaban J connectivity index is 1.30. The summed E-state index contributed by atoms with van der Waals surface area (Å²) in [6.07, 6.45) is 2.94. The van der Waals surface area contributed by atoms with E-state index >= 15 is 0 Å². The Morgan fingerprint density at radius 3 is 2.62 bits per heavy atom. The Kier molecular flexibility index (Phi) is 5.09. The van der Waals surface area contributed by atoms with Crippen LogP contribution in [0.1, 0.15) is 48.4 Å². The molecule has 0 unspecified atom stereocenters. The molecule has 0 saturated heterocycles. The number of carbonyl (C=O) groups excluding carboxylic acids is 2. The zero-order valence-electron chi connectivity index (χ0n) is 17.7. The average Bonchev–Trinajstić information content (AvgIpc) is 3.54. The van der Waals surface area contributed by atoms with E-state index in [1.165, 1.54) is 0 Å². The van der Waals surface area contributed by atoms with Crippen LogP contribution in [0.15, 0.2) is 59.5 Å². The van der Waals surface area contributed by atoms with E-state index in [-0.39, 0.29) is 30.2 Å². The highest BCUT2D eigenvalue weighted by Gasteiger charge is 2.29. The summed E-state index contributed by atoms with van der Waals surface area (Å²) in [5, 5.41) is 1.39. The number of para-hydroxylation sites is 2. The third kappa shape index (κ3) is 3.70. The lowest BCUT2D eigenvalue weighted by atomic mass is 10.1. The Morgan fingerprint density at radius 2 is 1.84 bits per heavy atom. The zero-order chi connectivity index (χ0) is 22.2. The number of H-pyrrole nitrogens is 1. The number of nitrogens with one attached hydrogen (secondary N) is 1. The SMILES string of the molecule is C[C@H](OC(=O)CCc1nc2ccccc2c(=O)n1C1CC1)C(=O)c1c[nH]c2ccccc12. The highest BCUT2D eigenvalue weighted by molar-refractivity contribution is 6.10. The summed E-state index contributed by atoms with van der Waals surface area (Å²) in [6, 6.07) is 14.9. The van der Waals surface area contributed by atoms with Crippen LogP contribution in [0.5, 0.6) is 0 Å². The Labute approximate surface area is 184 Å². The molecule has 1 fully saturated rings. The van der Waals surface area contributed by atoms with Gasteiger partial charge in [0.2, 0.25) is 5.78 Å². The summed E-state index contributed by atoms with van der Waals surface area (Å²) in [5.74, 6) is -0.159. The summed E-state index contributed by atoms with van der Waals surface area (Å²) < 4.78 is 7.14. The van der Waals surface area contributed by atoms with Gasteiger partial charge in [-0.15, -0.1) is 0 Å². The molecule has 2 aromatic heterocycles. The van der Waals surface area contributed by atoms with E-state index in [0.717, 1.165) is 23.7 Å². The van der Waals surface area contributed by atoms with Crippen molar-refractivity contribution in [2.75, 3.05) is 0 Å². The van der Waals surface area contributed by atoms with Gasteiger partial charge in [0.15, 0.2) is 6.10 Å². The topological polar surface area (TPSA) is 94.0 Å². The number of nitrogens with zero attached hydrogens (tertiary/aromatic N) is 2. The predicted octanol–water partition coefficient (Wildman–Crippen LogP) is 3.96. The second-order valence-electron chi connectivity index (χ2n) is 8.20. The van der Waals surface area contributed by atoms with Gasteiger partial charge in [0.05, 0.1) is 17.3 Å². The van der Waals surface area contributed by atoms with E-state index in [4.69, 9.17) is 4.74 Å². The quantitative estimate of drug-likeness (QED) is 0.354. The fourth-order valence-electron chi connectivity index (χ4n) is 4.10. The number of rotatable bonds is 7. The molecule has 0 spiro atoms. The second kappa shape index (κ2) is 8.07. The molecule has 7 heteroatoms. The molecule has 162 valence electrons. The average molecular weight is 429 g/mol. The number of ketones is 1. The van der Waals surface area contributed by atoms with Gasteiger partial charge < -0.3 is 9.72 Å². The van der Waals surface area contributed by atoms with Crippen LogP contribution in [0.4, 0.5) is 0 Å². The molecule has 1 saturated carbocycles. The molecule has 5 rings (SSSR count). The van der Waals surface area contributed by atoms with E-state index in [9.17, 15) is 14.4 Å². The lowest BCUT2D eigenvalue weighted by Crippen LogP contribution is -2.27. The molecule has 1 N–H and O–H groups in total. The molecule has 2 heterocycles. The Bertz CT molecular complexity index is 1400. The Hall–Kier alpha value is -3.74. The van der Waals surface area contributed by atoms with Crippen LogP contribution in [-0.4, -0.2) is 32.4 Å². The molecule has 0 bridgehead atoms. The minimum absolute atomic E-state index is 0.0446. The zero-order valence-corrected chi connectivity index (χ0v) is 17.7. The first-order valence-corrected chi connectivity index (χ1v) is 10.8. The van der Waals surface area contributed by atoms with Crippen LogP contribution in [0.25, 0.3) is 21.8 Å². The highest BCUT2D eigenvalue weighted by Crippen LogP contribution is 2.35. The number of aromatic amines is 1. The first-order valence-electron chi connectivity index (χ1n) is 10.8. The van der Waals surface area contributed by atoms with E-state index in [2.05, 4.69) is 9.97 Å². The van der Waals surface area contributed by atoms with E-state index in [1.54, 1.807) is 29.8 Å². The van der Waals surface area contributed by atoms with Crippen LogP contribution in [0.3, 0.4) is 0 Å². The van der Waals surface area contributed by atoms with Crippen LogP contribution in [0, 0.1) is 0 Å². The number of fused-ring (bicyclic) bond motifs is 2. The van der Waals surface area contributed by atoms with Crippen molar-refractivity contribution in [3.63, 3.8) is 0 Å². The molecule has 4 aromatic rings. The van der Waals surface area contributed by atoms with Crippen molar-refractivity contribution in [1.82, 2.24) is 14.5 Å². The molecule has 7 nitrogen and oxygen atoms in total. The van der Waals surface area contributed by atoms with Crippen molar-refractivity contribution in [3.8, 4) is 0 Å². The van der Waals surface area contributed by atoms with Crippen molar-refractivity contribution in [2.24, 2.45) is 0 Å². The largest absolute Gasteiger partial charge is 0.454 e. The van der Waals surface area contributed by atoms with Crippen LogP contribution in [0.2, 0.25) is 0 Å². The lowest BCUT2D eigenvalue weighted by molar-refractivity contribution is -0.146. The summed E-state index contributed by atoms with van der Waals surface area (Å²) in [5.41, 5.74) is 1.92. The van der Waals surface area contributed by atoms with Gasteiger partial charge in [-0.3, -0.25) is 19.0 Å². The van der Waals surface area contributed by atoms with Gasteiger partial charge in [-0.2, -0.15) is 0 Å². The monoisotopic (exact) mass is 429 g/mol. The van der Waals surface area contributed by atoms with E-state index in [0.29, 0.717) is 22.3 Å². The number of esters is 1. The first kappa shape index (κ1) is 20.2. The van der Waals surface area contributed by atoms with E-state index < -0.39 is 12.1 Å². The fourth-order valence-corrected chi connectivity index (χ4v) is 4.10. The highest BCUT2D eigenvalue weighted by atomic mass is 16.5. The maximum atomic E-state index is 12.9. The smallest absolute Gasteiger partial charge is 0.306 e. The fraction of sp³-hybridized carbons (Fsp3) is 0.280. The van der Waals surface area contributed by atoms with Crippen molar-refractivity contribution in [1.29, 1.82) is 0 Å². The standard InChI is InChI=1S/C25H23N3O4/c1-15(24(30)19-14-26-20-8-4-2-6-17(19)20)32-23(29)13-12-22-27-21-9-5-3-7-18(21)25(31)28(22)16-10-11-16/h2-9,14-16,26H,10-13H2,1H3/t15-/m0/s1. The van der Waals surface area contributed by atoms with Crippen LogP contribution in [-0.2, 0) is 16.0 Å². The number of hydrogen-bond acceptors (Lipinski definition) is 5. The van der Waals surface area contributed by atoms with E-state index in [1.807, 2.05) is 36.4 Å². The molecule has 1 aliphatic rings. The van der Waals surface area contributed by atoms with Gasteiger partial charge >= 0.3 is 5.97 Å². The first-order chi connectivity index (χ1) is 15.5. The van der Waals surface area contributed by atoms with Gasteiger partial charge in [-0.05, 0) is 38.0 Å². The van der Waals surface area contributed by atoms with Gasteiger partial charge in [0.25, 0.3) is 5.56 Å². The number of ether oxygens (including phenoxy) is 1. The number of aromatic nitrogens is 3. The van der Waals surface area contributed by atoms with Crippen LogP contribution < -0.4 is 5.56 Å². The predicted molar refractivity (Wildman–Crippen MR) is 121 cm³/mol. The molecular formula is C25H23N3O4. The number of benzene rings is 2. The van der Waals surface area contributed by atoms with Gasteiger partial charge in [-0.25, -0.2) is 4.98 Å². The molecule has 0 aliphatic heterocycles. The lowest BCUT2D eigenvalue weighted by Gasteiger charge is -2.14.